The number of benzene rings is 1. The Labute approximate surface area is 185 Å². The van der Waals surface area contributed by atoms with E-state index in [2.05, 4.69) is 18.7 Å². The van der Waals surface area contributed by atoms with Crippen LogP contribution in [0.5, 0.6) is 11.5 Å². The number of hydrogen-bond acceptors (Lipinski definition) is 5. The smallest absolute Gasteiger partial charge is 0.161 e. The third-order valence-corrected chi connectivity index (χ3v) is 6.68. The van der Waals surface area contributed by atoms with Gasteiger partial charge in [-0.05, 0) is 56.7 Å². The molecule has 1 aromatic rings. The van der Waals surface area contributed by atoms with Gasteiger partial charge in [-0.15, -0.1) is 0 Å². The zero-order valence-electron chi connectivity index (χ0n) is 19.0. The Morgan fingerprint density at radius 1 is 0.935 bits per heavy atom. The van der Waals surface area contributed by atoms with Crippen molar-refractivity contribution < 1.29 is 19.1 Å². The number of carbonyl (C=O) groups is 2. The SMILES string of the molecule is CCCCOc1ccc(C2C3=C(CCCC3=O)N(CC)C3=C2C(=O)CCC3)cc1OC. The van der Waals surface area contributed by atoms with Crippen molar-refractivity contribution in [3.8, 4) is 11.5 Å². The van der Waals surface area contributed by atoms with Crippen molar-refractivity contribution >= 4 is 11.6 Å². The van der Waals surface area contributed by atoms with Crippen molar-refractivity contribution in [3.63, 3.8) is 0 Å². The highest BCUT2D eigenvalue weighted by atomic mass is 16.5. The van der Waals surface area contributed by atoms with E-state index in [1.807, 2.05) is 18.2 Å². The second-order valence-electron chi connectivity index (χ2n) is 8.56. The molecule has 1 aliphatic heterocycles. The Morgan fingerprint density at radius 2 is 1.58 bits per heavy atom. The van der Waals surface area contributed by atoms with E-state index in [9.17, 15) is 9.59 Å². The number of Topliss-reactive ketones (excluding diaryl/α,β-unsaturated/α-hetero) is 2. The van der Waals surface area contributed by atoms with Gasteiger partial charge in [-0.1, -0.05) is 19.4 Å². The first kappa shape index (κ1) is 21.7. The van der Waals surface area contributed by atoms with Crippen LogP contribution >= 0.6 is 0 Å². The summed E-state index contributed by atoms with van der Waals surface area (Å²) in [5.41, 5.74) is 4.84. The number of rotatable bonds is 7. The monoisotopic (exact) mass is 423 g/mol. The summed E-state index contributed by atoms with van der Waals surface area (Å²) in [6.07, 6.45) is 6.70. The van der Waals surface area contributed by atoms with Crippen LogP contribution in [0.15, 0.2) is 40.7 Å². The number of hydrogen-bond donors (Lipinski definition) is 0. The Kier molecular flexibility index (Phi) is 6.49. The van der Waals surface area contributed by atoms with E-state index in [0.29, 0.717) is 30.9 Å². The fraction of sp³-hybridized carbons (Fsp3) is 0.538. The highest BCUT2D eigenvalue weighted by molar-refractivity contribution is 6.06. The molecule has 0 unspecified atom stereocenters. The van der Waals surface area contributed by atoms with Crippen LogP contribution in [0, 0.1) is 0 Å². The standard InChI is InChI=1S/C26H33NO4/c1-4-6-15-31-22-14-13-17(16-23(22)30-3)24-25-18(9-7-11-20(25)28)27(5-2)19-10-8-12-21(29)26(19)24/h13-14,16,24H,4-12,15H2,1-3H3. The van der Waals surface area contributed by atoms with Gasteiger partial charge in [0, 0.05) is 47.8 Å². The zero-order valence-corrected chi connectivity index (χ0v) is 19.0. The molecule has 31 heavy (non-hydrogen) atoms. The average Bonchev–Trinajstić information content (AvgIpc) is 2.78. The molecule has 0 saturated carbocycles. The average molecular weight is 424 g/mol. The van der Waals surface area contributed by atoms with E-state index in [4.69, 9.17) is 9.47 Å². The Balaban J connectivity index is 1.83. The molecule has 2 aliphatic carbocycles. The quantitative estimate of drug-likeness (QED) is 0.557. The maximum atomic E-state index is 13.2. The summed E-state index contributed by atoms with van der Waals surface area (Å²) < 4.78 is 11.5. The van der Waals surface area contributed by atoms with Crippen molar-refractivity contribution in [2.45, 2.75) is 71.1 Å². The second-order valence-corrected chi connectivity index (χ2v) is 8.56. The summed E-state index contributed by atoms with van der Waals surface area (Å²) in [6.45, 7) is 5.67. The molecule has 4 rings (SSSR count). The van der Waals surface area contributed by atoms with Crippen molar-refractivity contribution in [2.75, 3.05) is 20.3 Å². The number of ether oxygens (including phenoxy) is 2. The summed E-state index contributed by atoms with van der Waals surface area (Å²) in [6, 6.07) is 5.90. The summed E-state index contributed by atoms with van der Waals surface area (Å²) in [5.74, 6) is 1.42. The predicted molar refractivity (Wildman–Crippen MR) is 120 cm³/mol. The van der Waals surface area contributed by atoms with Crippen molar-refractivity contribution in [1.29, 1.82) is 0 Å². The second kappa shape index (κ2) is 9.29. The molecule has 3 aliphatic rings. The van der Waals surface area contributed by atoms with E-state index in [0.717, 1.165) is 73.2 Å². The minimum absolute atomic E-state index is 0.178. The van der Waals surface area contributed by atoms with E-state index >= 15 is 0 Å². The van der Waals surface area contributed by atoms with Crippen LogP contribution in [-0.4, -0.2) is 36.7 Å². The molecular weight excluding hydrogens is 390 g/mol. The van der Waals surface area contributed by atoms with Gasteiger partial charge in [0.25, 0.3) is 0 Å². The van der Waals surface area contributed by atoms with Crippen LogP contribution in [0.2, 0.25) is 0 Å². The van der Waals surface area contributed by atoms with Gasteiger partial charge >= 0.3 is 0 Å². The van der Waals surface area contributed by atoms with Crippen LogP contribution in [0.1, 0.15) is 76.7 Å². The fourth-order valence-corrected chi connectivity index (χ4v) is 5.24. The first-order valence-electron chi connectivity index (χ1n) is 11.7. The summed E-state index contributed by atoms with van der Waals surface area (Å²) in [4.78, 5) is 28.6. The molecular formula is C26H33NO4. The van der Waals surface area contributed by atoms with E-state index in [1.165, 1.54) is 0 Å². The van der Waals surface area contributed by atoms with E-state index in [1.54, 1.807) is 7.11 Å². The lowest BCUT2D eigenvalue weighted by molar-refractivity contribution is -0.117. The van der Waals surface area contributed by atoms with Crippen LogP contribution < -0.4 is 9.47 Å². The summed E-state index contributed by atoms with van der Waals surface area (Å²) in [7, 11) is 1.64. The molecule has 0 radical (unpaired) electrons. The van der Waals surface area contributed by atoms with Gasteiger partial charge in [0.15, 0.2) is 23.1 Å². The first-order chi connectivity index (χ1) is 15.1. The highest BCUT2D eigenvalue weighted by Gasteiger charge is 2.43. The predicted octanol–water partition coefficient (Wildman–Crippen LogP) is 5.31. The molecule has 0 bridgehead atoms. The molecule has 5 nitrogen and oxygen atoms in total. The molecule has 0 fully saturated rings. The van der Waals surface area contributed by atoms with Crippen molar-refractivity contribution in [3.05, 3.63) is 46.3 Å². The molecule has 1 heterocycles. The summed E-state index contributed by atoms with van der Waals surface area (Å²) >= 11 is 0. The van der Waals surface area contributed by atoms with Crippen molar-refractivity contribution in [2.24, 2.45) is 0 Å². The van der Waals surface area contributed by atoms with Crippen LogP contribution in [0.4, 0.5) is 0 Å². The van der Waals surface area contributed by atoms with Crippen molar-refractivity contribution in [1.82, 2.24) is 4.90 Å². The third kappa shape index (κ3) is 3.90. The molecule has 0 aromatic heterocycles. The molecule has 1 aromatic carbocycles. The minimum Gasteiger partial charge on any atom is -0.493 e. The molecule has 0 atom stereocenters. The van der Waals surface area contributed by atoms with Gasteiger partial charge in [-0.25, -0.2) is 0 Å². The number of ketones is 2. The lowest BCUT2D eigenvalue weighted by atomic mass is 9.71. The number of nitrogens with zero attached hydrogens (tertiary/aromatic N) is 1. The third-order valence-electron chi connectivity index (χ3n) is 6.68. The minimum atomic E-state index is -0.299. The first-order valence-corrected chi connectivity index (χ1v) is 11.7. The van der Waals surface area contributed by atoms with Gasteiger partial charge in [-0.3, -0.25) is 9.59 Å². The molecule has 0 spiro atoms. The Hall–Kier alpha value is -2.56. The largest absolute Gasteiger partial charge is 0.493 e. The Bertz CT molecular complexity index is 899. The number of methoxy groups -OCH3 is 1. The zero-order chi connectivity index (χ0) is 22.0. The Morgan fingerprint density at radius 3 is 2.13 bits per heavy atom. The molecule has 166 valence electrons. The highest BCUT2D eigenvalue weighted by Crippen LogP contribution is 2.49. The topological polar surface area (TPSA) is 55.8 Å². The van der Waals surface area contributed by atoms with E-state index < -0.39 is 0 Å². The van der Waals surface area contributed by atoms with Gasteiger partial charge in [0.2, 0.25) is 0 Å². The summed E-state index contributed by atoms with van der Waals surface area (Å²) in [5, 5.41) is 0. The van der Waals surface area contributed by atoms with E-state index in [-0.39, 0.29) is 17.5 Å². The molecule has 0 N–H and O–H groups in total. The lowest BCUT2D eigenvalue weighted by Gasteiger charge is -2.43. The van der Waals surface area contributed by atoms with Gasteiger partial charge in [0.1, 0.15) is 0 Å². The molecule has 5 heteroatoms. The number of allylic oxidation sites excluding steroid dienone is 4. The van der Waals surface area contributed by atoms with Crippen LogP contribution in [-0.2, 0) is 9.59 Å². The fourth-order valence-electron chi connectivity index (χ4n) is 5.24. The number of carbonyl (C=O) groups excluding carboxylic acids is 2. The van der Waals surface area contributed by atoms with Gasteiger partial charge in [0.05, 0.1) is 13.7 Å². The van der Waals surface area contributed by atoms with Crippen LogP contribution in [0.3, 0.4) is 0 Å². The van der Waals surface area contributed by atoms with Gasteiger partial charge in [-0.2, -0.15) is 0 Å². The maximum absolute atomic E-state index is 13.2. The molecule has 0 amide bonds. The lowest BCUT2D eigenvalue weighted by Crippen LogP contribution is -2.39. The maximum Gasteiger partial charge on any atom is 0.161 e. The molecule has 0 saturated heterocycles. The van der Waals surface area contributed by atoms with Gasteiger partial charge < -0.3 is 14.4 Å². The normalized spacial score (nSPS) is 19.5. The van der Waals surface area contributed by atoms with Crippen LogP contribution in [0.25, 0.3) is 0 Å². The number of unbranched alkanes of at least 4 members (excludes halogenated alkanes) is 1.